The maximum absolute atomic E-state index is 14.2. The van der Waals surface area contributed by atoms with Crippen LogP contribution in [0.2, 0.25) is 0 Å². The molecule has 1 aliphatic rings. The minimum Gasteiger partial charge on any atom is -0.318 e. The highest BCUT2D eigenvalue weighted by Gasteiger charge is 2.36. The number of benzene rings is 3. The molecule has 0 saturated heterocycles. The van der Waals surface area contributed by atoms with Crippen molar-refractivity contribution in [2.45, 2.75) is 18.8 Å². The lowest BCUT2D eigenvalue weighted by molar-refractivity contribution is -0.136. The second kappa shape index (κ2) is 8.57. The summed E-state index contributed by atoms with van der Waals surface area (Å²) in [6.07, 6.45) is -2.92. The molecule has 0 bridgehead atoms. The number of carbonyl (C=O) groups is 1. The maximum atomic E-state index is 14.2. The fourth-order valence-corrected chi connectivity index (χ4v) is 4.45. The van der Waals surface area contributed by atoms with Crippen LogP contribution in [-0.4, -0.2) is 15.5 Å². The largest absolute Gasteiger partial charge is 0.418 e. The third kappa shape index (κ3) is 4.25. The van der Waals surface area contributed by atoms with Gasteiger partial charge in [-0.2, -0.15) is 13.2 Å². The molecule has 0 radical (unpaired) electrons. The molecular formula is C26H18F5N3O. The molecule has 1 N–H and O–H groups in total. The first-order chi connectivity index (χ1) is 16.7. The minimum atomic E-state index is -4.69. The van der Waals surface area contributed by atoms with Crippen LogP contribution in [0.1, 0.15) is 28.4 Å². The van der Waals surface area contributed by atoms with Gasteiger partial charge in [0.05, 0.1) is 29.5 Å². The van der Waals surface area contributed by atoms with Crippen molar-refractivity contribution in [3.8, 4) is 5.69 Å². The van der Waals surface area contributed by atoms with E-state index in [1.165, 1.54) is 17.0 Å². The smallest absolute Gasteiger partial charge is 0.318 e. The summed E-state index contributed by atoms with van der Waals surface area (Å²) in [5.41, 5.74) is 0.722. The van der Waals surface area contributed by atoms with Gasteiger partial charge in [-0.3, -0.25) is 0 Å². The Labute approximate surface area is 197 Å². The highest BCUT2D eigenvalue weighted by Crippen LogP contribution is 2.39. The Balaban J connectivity index is 1.65. The quantitative estimate of drug-likeness (QED) is 0.309. The van der Waals surface area contributed by atoms with Crippen molar-refractivity contribution in [3.63, 3.8) is 0 Å². The van der Waals surface area contributed by atoms with Gasteiger partial charge < -0.3 is 14.8 Å². The number of urea groups is 1. The first-order valence-electron chi connectivity index (χ1n) is 10.7. The molecule has 178 valence electrons. The van der Waals surface area contributed by atoms with Crippen LogP contribution in [-0.2, 0) is 12.7 Å². The summed E-state index contributed by atoms with van der Waals surface area (Å²) in [6.45, 7) is -0.0132. The SMILES string of the molecule is O=C(Nc1ccccc1C(F)(F)F)N1Cc2ccccc2-n2cccc2[C@H]1c1cc(F)cc(F)c1. The number of carbonyl (C=O) groups excluding carboxylic acids is 1. The van der Waals surface area contributed by atoms with Gasteiger partial charge in [0.25, 0.3) is 0 Å². The lowest BCUT2D eigenvalue weighted by atomic mass is 10.0. The highest BCUT2D eigenvalue weighted by molar-refractivity contribution is 5.91. The molecule has 0 spiro atoms. The van der Waals surface area contributed by atoms with Crippen LogP contribution >= 0.6 is 0 Å². The van der Waals surface area contributed by atoms with Gasteiger partial charge in [-0.15, -0.1) is 0 Å². The topological polar surface area (TPSA) is 37.3 Å². The molecule has 3 aromatic carbocycles. The lowest BCUT2D eigenvalue weighted by Crippen LogP contribution is -2.38. The average Bonchev–Trinajstić information content (AvgIpc) is 3.22. The number of amides is 2. The first kappa shape index (κ1) is 22.6. The predicted octanol–water partition coefficient (Wildman–Crippen LogP) is 6.91. The summed E-state index contributed by atoms with van der Waals surface area (Å²) in [6, 6.07) is 16.4. The van der Waals surface area contributed by atoms with E-state index in [1.807, 2.05) is 12.1 Å². The van der Waals surface area contributed by atoms with Crippen LogP contribution in [0.25, 0.3) is 5.69 Å². The Morgan fingerprint density at radius 2 is 1.57 bits per heavy atom. The minimum absolute atomic E-state index is 0.0132. The number of halogens is 5. The number of para-hydroxylation sites is 2. The van der Waals surface area contributed by atoms with Gasteiger partial charge in [-0.25, -0.2) is 13.6 Å². The van der Waals surface area contributed by atoms with Crippen molar-refractivity contribution in [2.75, 3.05) is 5.32 Å². The molecule has 35 heavy (non-hydrogen) atoms. The third-order valence-corrected chi connectivity index (χ3v) is 5.90. The van der Waals surface area contributed by atoms with E-state index in [4.69, 9.17) is 0 Å². The van der Waals surface area contributed by atoms with Gasteiger partial charge in [0, 0.05) is 18.0 Å². The molecule has 0 unspecified atom stereocenters. The zero-order valence-electron chi connectivity index (χ0n) is 18.1. The number of hydrogen-bond acceptors (Lipinski definition) is 1. The number of aromatic nitrogens is 1. The Hall–Kier alpha value is -4.14. The molecule has 0 saturated carbocycles. The van der Waals surface area contributed by atoms with E-state index in [0.717, 1.165) is 36.0 Å². The van der Waals surface area contributed by atoms with Gasteiger partial charge in [-0.05, 0) is 53.6 Å². The summed E-state index contributed by atoms with van der Waals surface area (Å²) >= 11 is 0. The number of rotatable bonds is 2. The van der Waals surface area contributed by atoms with Crippen LogP contribution in [0.15, 0.2) is 85.1 Å². The van der Waals surface area contributed by atoms with E-state index >= 15 is 0 Å². The molecule has 9 heteroatoms. The number of anilines is 1. The van der Waals surface area contributed by atoms with Crippen molar-refractivity contribution < 1.29 is 26.7 Å². The number of nitrogens with zero attached hydrogens (tertiary/aromatic N) is 2. The lowest BCUT2D eigenvalue weighted by Gasteiger charge is -2.31. The van der Waals surface area contributed by atoms with Gasteiger partial charge in [0.1, 0.15) is 11.6 Å². The molecule has 4 nitrogen and oxygen atoms in total. The van der Waals surface area contributed by atoms with Gasteiger partial charge >= 0.3 is 12.2 Å². The molecule has 2 heterocycles. The Morgan fingerprint density at radius 3 is 2.31 bits per heavy atom. The zero-order chi connectivity index (χ0) is 24.7. The van der Waals surface area contributed by atoms with E-state index in [-0.39, 0.29) is 12.1 Å². The molecule has 2 amide bonds. The van der Waals surface area contributed by atoms with E-state index in [9.17, 15) is 26.7 Å². The Bertz CT molecular complexity index is 1390. The fourth-order valence-electron chi connectivity index (χ4n) is 4.45. The summed E-state index contributed by atoms with van der Waals surface area (Å²) < 4.78 is 70.9. The van der Waals surface area contributed by atoms with Crippen LogP contribution in [0.5, 0.6) is 0 Å². The molecule has 1 atom stereocenters. The van der Waals surface area contributed by atoms with Crippen molar-refractivity contribution in [3.05, 3.63) is 119 Å². The number of hydrogen-bond donors (Lipinski definition) is 1. The van der Waals surface area contributed by atoms with E-state index in [2.05, 4.69) is 5.32 Å². The first-order valence-corrected chi connectivity index (χ1v) is 10.7. The molecule has 1 aliphatic heterocycles. The molecule has 4 aromatic rings. The van der Waals surface area contributed by atoms with Crippen molar-refractivity contribution in [1.82, 2.24) is 9.47 Å². The van der Waals surface area contributed by atoms with Gasteiger partial charge in [0.2, 0.25) is 0 Å². The molecule has 5 rings (SSSR count). The fraction of sp³-hybridized carbons (Fsp3) is 0.115. The number of fused-ring (bicyclic) bond motifs is 3. The van der Waals surface area contributed by atoms with Crippen molar-refractivity contribution >= 4 is 11.7 Å². The molecule has 0 aliphatic carbocycles. The number of nitrogens with one attached hydrogen (secondary N) is 1. The Morgan fingerprint density at radius 1 is 0.886 bits per heavy atom. The van der Waals surface area contributed by atoms with E-state index in [0.29, 0.717) is 11.3 Å². The van der Waals surface area contributed by atoms with Gasteiger partial charge in [0.15, 0.2) is 0 Å². The average molecular weight is 483 g/mol. The Kier molecular flexibility index (Phi) is 5.55. The second-order valence-electron chi connectivity index (χ2n) is 8.14. The van der Waals surface area contributed by atoms with Crippen molar-refractivity contribution in [2.24, 2.45) is 0 Å². The normalized spacial score (nSPS) is 15.2. The van der Waals surface area contributed by atoms with Crippen LogP contribution in [0.3, 0.4) is 0 Å². The summed E-state index contributed by atoms with van der Waals surface area (Å²) in [5, 5.41) is 2.37. The van der Waals surface area contributed by atoms with Crippen LogP contribution in [0.4, 0.5) is 32.4 Å². The maximum Gasteiger partial charge on any atom is 0.418 e. The molecular weight excluding hydrogens is 465 g/mol. The standard InChI is InChI=1S/C26H18F5N3O/c27-18-12-17(13-19(28)14-18)24-23-10-5-11-33(23)22-9-4-1-6-16(22)15-34(24)25(35)32-21-8-3-2-7-20(21)26(29,30)31/h1-14,24H,15H2,(H,32,35)/t24-/m1/s1. The third-order valence-electron chi connectivity index (χ3n) is 5.90. The summed E-state index contributed by atoms with van der Waals surface area (Å²) in [7, 11) is 0. The van der Waals surface area contributed by atoms with E-state index in [1.54, 1.807) is 35.0 Å². The van der Waals surface area contributed by atoms with Crippen molar-refractivity contribution in [1.29, 1.82) is 0 Å². The molecule has 1 aromatic heterocycles. The molecule has 0 fully saturated rings. The van der Waals surface area contributed by atoms with Crippen LogP contribution < -0.4 is 5.32 Å². The predicted molar refractivity (Wildman–Crippen MR) is 120 cm³/mol. The van der Waals surface area contributed by atoms with E-state index < -0.39 is 41.1 Å². The summed E-state index contributed by atoms with van der Waals surface area (Å²) in [4.78, 5) is 14.8. The van der Waals surface area contributed by atoms with Crippen LogP contribution in [0, 0.1) is 11.6 Å². The highest BCUT2D eigenvalue weighted by atomic mass is 19.4. The number of alkyl halides is 3. The zero-order valence-corrected chi connectivity index (χ0v) is 18.1. The summed E-state index contributed by atoms with van der Waals surface area (Å²) in [5.74, 6) is -1.66. The van der Waals surface area contributed by atoms with Gasteiger partial charge in [-0.1, -0.05) is 30.3 Å². The second-order valence-corrected chi connectivity index (χ2v) is 8.14. The monoisotopic (exact) mass is 483 g/mol.